The Morgan fingerprint density at radius 1 is 1.18 bits per heavy atom. The molecule has 0 spiro atoms. The Morgan fingerprint density at radius 2 is 2.00 bits per heavy atom. The standard InChI is InChI=1S/C21H33N5O2/c1-28-12-8-22-21(27)17-3-2-9-26(14-17)18-6-10-25(11-7-18)20-13-19(16-4-5-16)23-15-24-20/h13,15-18H,2-12,14H2,1H3,(H,22,27)/t17-/m1/s1. The largest absolute Gasteiger partial charge is 0.383 e. The van der Waals surface area contributed by atoms with Crippen molar-refractivity contribution in [2.75, 3.05) is 51.3 Å². The Kier molecular flexibility index (Phi) is 6.42. The summed E-state index contributed by atoms with van der Waals surface area (Å²) in [6.07, 6.45) is 8.66. The second-order valence-electron chi connectivity index (χ2n) is 8.41. The van der Waals surface area contributed by atoms with E-state index in [2.05, 4.69) is 31.2 Å². The van der Waals surface area contributed by atoms with E-state index in [1.165, 1.54) is 18.5 Å². The molecule has 0 aromatic carbocycles. The van der Waals surface area contributed by atoms with Crippen LogP contribution >= 0.6 is 0 Å². The molecule has 2 aliphatic heterocycles. The van der Waals surface area contributed by atoms with Crippen molar-refractivity contribution in [2.24, 2.45) is 5.92 Å². The lowest BCUT2D eigenvalue weighted by atomic mass is 9.93. The highest BCUT2D eigenvalue weighted by atomic mass is 16.5. The highest BCUT2D eigenvalue weighted by Gasteiger charge is 2.32. The van der Waals surface area contributed by atoms with E-state index in [9.17, 15) is 4.79 Å². The Labute approximate surface area is 167 Å². The minimum atomic E-state index is 0.117. The van der Waals surface area contributed by atoms with Gasteiger partial charge >= 0.3 is 0 Å². The van der Waals surface area contributed by atoms with Crippen molar-refractivity contribution in [3.63, 3.8) is 0 Å². The summed E-state index contributed by atoms with van der Waals surface area (Å²) in [5, 5.41) is 3.01. The number of aromatic nitrogens is 2. The van der Waals surface area contributed by atoms with Gasteiger partial charge in [-0.25, -0.2) is 9.97 Å². The lowest BCUT2D eigenvalue weighted by molar-refractivity contribution is -0.127. The first-order chi connectivity index (χ1) is 13.7. The molecule has 3 heterocycles. The van der Waals surface area contributed by atoms with Gasteiger partial charge in [0, 0.05) is 57.0 Å². The van der Waals surface area contributed by atoms with Crippen LogP contribution in [0.15, 0.2) is 12.4 Å². The summed E-state index contributed by atoms with van der Waals surface area (Å²) >= 11 is 0. The lowest BCUT2D eigenvalue weighted by Crippen LogP contribution is -2.51. The maximum Gasteiger partial charge on any atom is 0.224 e. The minimum Gasteiger partial charge on any atom is -0.383 e. The molecule has 0 bridgehead atoms. The van der Waals surface area contributed by atoms with Crippen LogP contribution in [0.5, 0.6) is 0 Å². The fraction of sp³-hybridized carbons (Fsp3) is 0.762. The number of piperidine rings is 2. The zero-order chi connectivity index (χ0) is 19.3. The highest BCUT2D eigenvalue weighted by molar-refractivity contribution is 5.78. The average Bonchev–Trinajstić information content (AvgIpc) is 3.60. The maximum absolute atomic E-state index is 12.4. The molecule has 3 aliphatic rings. The van der Waals surface area contributed by atoms with E-state index in [4.69, 9.17) is 4.74 Å². The fourth-order valence-corrected chi connectivity index (χ4v) is 4.57. The monoisotopic (exact) mass is 387 g/mol. The van der Waals surface area contributed by atoms with Crippen molar-refractivity contribution in [1.82, 2.24) is 20.2 Å². The summed E-state index contributed by atoms with van der Waals surface area (Å²) < 4.78 is 5.03. The van der Waals surface area contributed by atoms with Crippen molar-refractivity contribution in [3.05, 3.63) is 18.1 Å². The molecule has 1 aromatic rings. The predicted molar refractivity (Wildman–Crippen MR) is 108 cm³/mol. The summed E-state index contributed by atoms with van der Waals surface area (Å²) in [4.78, 5) is 26.3. The number of ether oxygens (including phenoxy) is 1. The number of carbonyl (C=O) groups is 1. The van der Waals surface area contributed by atoms with Crippen LogP contribution in [0.4, 0.5) is 5.82 Å². The molecule has 154 valence electrons. The van der Waals surface area contributed by atoms with E-state index in [-0.39, 0.29) is 11.8 Å². The number of nitrogens with one attached hydrogen (secondary N) is 1. The molecule has 1 aromatic heterocycles. The van der Waals surface area contributed by atoms with E-state index in [1.54, 1.807) is 13.4 Å². The molecule has 0 radical (unpaired) electrons. The van der Waals surface area contributed by atoms with Crippen LogP contribution in [0.2, 0.25) is 0 Å². The van der Waals surface area contributed by atoms with Gasteiger partial charge in [0.2, 0.25) is 5.91 Å². The van der Waals surface area contributed by atoms with Gasteiger partial charge in [0.25, 0.3) is 0 Å². The quantitative estimate of drug-likeness (QED) is 0.720. The third-order valence-electron chi connectivity index (χ3n) is 6.40. The summed E-state index contributed by atoms with van der Waals surface area (Å²) in [5.41, 5.74) is 1.21. The Morgan fingerprint density at radius 3 is 2.75 bits per heavy atom. The molecule has 1 atom stereocenters. The molecule has 7 heteroatoms. The van der Waals surface area contributed by atoms with Gasteiger partial charge in [-0.1, -0.05) is 0 Å². The van der Waals surface area contributed by atoms with E-state index >= 15 is 0 Å². The Hall–Kier alpha value is -1.73. The minimum absolute atomic E-state index is 0.117. The molecular formula is C21H33N5O2. The second-order valence-corrected chi connectivity index (χ2v) is 8.41. The van der Waals surface area contributed by atoms with Crippen LogP contribution in [-0.2, 0) is 9.53 Å². The molecule has 0 unspecified atom stereocenters. The highest BCUT2D eigenvalue weighted by Crippen LogP contribution is 2.39. The molecule has 1 saturated carbocycles. The van der Waals surface area contributed by atoms with E-state index in [0.29, 0.717) is 25.1 Å². The van der Waals surface area contributed by atoms with Gasteiger partial charge in [0.05, 0.1) is 12.5 Å². The van der Waals surface area contributed by atoms with E-state index in [1.807, 2.05) is 0 Å². The van der Waals surface area contributed by atoms with Gasteiger partial charge < -0.3 is 15.0 Å². The number of hydrogen-bond acceptors (Lipinski definition) is 6. The van der Waals surface area contributed by atoms with Crippen LogP contribution in [0, 0.1) is 5.92 Å². The Bertz CT molecular complexity index is 658. The number of hydrogen-bond donors (Lipinski definition) is 1. The first-order valence-electron chi connectivity index (χ1n) is 10.8. The number of amides is 1. The predicted octanol–water partition coefficient (Wildman–Crippen LogP) is 1.80. The van der Waals surface area contributed by atoms with Gasteiger partial charge in [0.1, 0.15) is 12.1 Å². The zero-order valence-corrected chi connectivity index (χ0v) is 17.0. The fourth-order valence-electron chi connectivity index (χ4n) is 4.57. The molecule has 1 amide bonds. The molecule has 1 aliphatic carbocycles. The van der Waals surface area contributed by atoms with Gasteiger partial charge in [0.15, 0.2) is 0 Å². The van der Waals surface area contributed by atoms with Gasteiger partial charge in [-0.15, -0.1) is 0 Å². The van der Waals surface area contributed by atoms with Crippen molar-refractivity contribution in [1.29, 1.82) is 0 Å². The SMILES string of the molecule is COCCNC(=O)[C@@H]1CCCN(C2CCN(c3cc(C4CC4)ncn3)CC2)C1. The number of methoxy groups -OCH3 is 1. The van der Waals surface area contributed by atoms with Crippen LogP contribution in [-0.4, -0.2) is 73.3 Å². The topological polar surface area (TPSA) is 70.6 Å². The normalized spacial score (nSPS) is 24.3. The van der Waals surface area contributed by atoms with Gasteiger partial charge in [-0.2, -0.15) is 0 Å². The van der Waals surface area contributed by atoms with Crippen molar-refractivity contribution >= 4 is 11.7 Å². The van der Waals surface area contributed by atoms with Crippen molar-refractivity contribution < 1.29 is 9.53 Å². The van der Waals surface area contributed by atoms with Crippen LogP contribution < -0.4 is 10.2 Å². The zero-order valence-electron chi connectivity index (χ0n) is 17.0. The summed E-state index contributed by atoms with van der Waals surface area (Å²) in [5.74, 6) is 2.06. The maximum atomic E-state index is 12.4. The third kappa shape index (κ3) is 4.81. The van der Waals surface area contributed by atoms with E-state index < -0.39 is 0 Å². The summed E-state index contributed by atoms with van der Waals surface area (Å²) in [6, 6.07) is 2.77. The molecule has 28 heavy (non-hydrogen) atoms. The summed E-state index contributed by atoms with van der Waals surface area (Å²) in [6.45, 7) is 5.26. The molecule has 4 rings (SSSR count). The molecule has 7 nitrogen and oxygen atoms in total. The van der Waals surface area contributed by atoms with E-state index in [0.717, 1.165) is 57.7 Å². The number of anilines is 1. The van der Waals surface area contributed by atoms with Crippen molar-refractivity contribution in [3.8, 4) is 0 Å². The number of nitrogens with zero attached hydrogens (tertiary/aromatic N) is 4. The van der Waals surface area contributed by atoms with Gasteiger partial charge in [-0.05, 0) is 45.1 Å². The van der Waals surface area contributed by atoms with Crippen LogP contribution in [0.3, 0.4) is 0 Å². The number of likely N-dealkylation sites (tertiary alicyclic amines) is 1. The molecule has 1 N–H and O–H groups in total. The number of carbonyl (C=O) groups excluding carboxylic acids is 1. The third-order valence-corrected chi connectivity index (χ3v) is 6.40. The lowest BCUT2D eigenvalue weighted by Gasteiger charge is -2.42. The number of rotatable bonds is 7. The molecule has 2 saturated heterocycles. The van der Waals surface area contributed by atoms with Crippen molar-refractivity contribution in [2.45, 2.75) is 50.5 Å². The first-order valence-corrected chi connectivity index (χ1v) is 10.8. The molecular weight excluding hydrogens is 354 g/mol. The van der Waals surface area contributed by atoms with Gasteiger partial charge in [-0.3, -0.25) is 9.69 Å². The summed E-state index contributed by atoms with van der Waals surface area (Å²) in [7, 11) is 1.66. The average molecular weight is 388 g/mol. The Balaban J connectivity index is 1.27. The van der Waals surface area contributed by atoms with Crippen LogP contribution in [0.25, 0.3) is 0 Å². The second kappa shape index (κ2) is 9.18. The first kappa shape index (κ1) is 19.6. The molecule has 3 fully saturated rings. The smallest absolute Gasteiger partial charge is 0.224 e. The van der Waals surface area contributed by atoms with Crippen LogP contribution in [0.1, 0.15) is 50.1 Å².